The minimum atomic E-state index is -0.479. The highest BCUT2D eigenvalue weighted by molar-refractivity contribution is 7.48. The summed E-state index contributed by atoms with van der Waals surface area (Å²) in [5, 5.41) is 21.6. The number of hydrogen-bond acceptors (Lipinski definition) is 2. The van der Waals surface area contributed by atoms with Gasteiger partial charge < -0.3 is 10.2 Å². The van der Waals surface area contributed by atoms with E-state index in [0.717, 1.165) is 29.5 Å². The Kier molecular flexibility index (Phi) is 5.84. The summed E-state index contributed by atoms with van der Waals surface area (Å²) < 4.78 is 0. The molecular formula is C20H27O2P. The second-order valence-corrected chi connectivity index (χ2v) is 7.94. The van der Waals surface area contributed by atoms with E-state index in [0.29, 0.717) is 14.3 Å². The maximum atomic E-state index is 10.4. The summed E-state index contributed by atoms with van der Waals surface area (Å²) in [6.45, 7) is 8.23. The Morgan fingerprint density at radius 3 is 2.30 bits per heavy atom. The Hall–Kier alpha value is -1.37. The van der Waals surface area contributed by atoms with E-state index in [-0.39, 0.29) is 5.16 Å². The first-order valence-corrected chi connectivity index (χ1v) is 9.28. The van der Waals surface area contributed by atoms with Gasteiger partial charge in [-0.2, -0.15) is 0 Å². The third-order valence-corrected chi connectivity index (χ3v) is 6.84. The van der Waals surface area contributed by atoms with Gasteiger partial charge in [-0.15, -0.1) is 0 Å². The lowest BCUT2D eigenvalue weighted by atomic mass is 9.92. The van der Waals surface area contributed by atoms with E-state index >= 15 is 0 Å². The van der Waals surface area contributed by atoms with Crippen LogP contribution in [-0.4, -0.2) is 10.2 Å². The van der Waals surface area contributed by atoms with Crippen molar-refractivity contribution in [2.24, 2.45) is 0 Å². The molecule has 0 spiro atoms. The Labute approximate surface area is 141 Å². The molecule has 2 unspecified atom stereocenters. The molecule has 0 saturated heterocycles. The lowest BCUT2D eigenvalue weighted by molar-refractivity contribution is 0.200. The number of para-hydroxylation sites is 1. The largest absolute Gasteiger partial charge is 0.508 e. The lowest BCUT2D eigenvalue weighted by Gasteiger charge is -2.34. The van der Waals surface area contributed by atoms with Crippen LogP contribution in [0.25, 0.3) is 0 Å². The summed E-state index contributed by atoms with van der Waals surface area (Å²) in [7, 11) is 0.508. The molecule has 0 aliphatic carbocycles. The maximum absolute atomic E-state index is 10.4. The first kappa shape index (κ1) is 18.0. The van der Waals surface area contributed by atoms with Crippen molar-refractivity contribution in [3.63, 3.8) is 0 Å². The molecule has 2 rings (SSSR count). The van der Waals surface area contributed by atoms with Crippen LogP contribution in [0.15, 0.2) is 42.5 Å². The van der Waals surface area contributed by atoms with E-state index < -0.39 is 6.10 Å². The van der Waals surface area contributed by atoms with Crippen LogP contribution >= 0.6 is 8.58 Å². The van der Waals surface area contributed by atoms with Gasteiger partial charge in [-0.3, -0.25) is 0 Å². The van der Waals surface area contributed by atoms with Crippen LogP contribution < -0.4 is 5.30 Å². The maximum Gasteiger partial charge on any atom is 0.119 e. The molecule has 0 bridgehead atoms. The molecule has 0 fully saturated rings. The number of rotatable bonds is 6. The van der Waals surface area contributed by atoms with E-state index in [9.17, 15) is 10.2 Å². The van der Waals surface area contributed by atoms with Gasteiger partial charge in [0.25, 0.3) is 0 Å². The molecule has 0 aliphatic rings. The highest BCUT2D eigenvalue weighted by Crippen LogP contribution is 2.50. The molecule has 0 amide bonds. The van der Waals surface area contributed by atoms with E-state index in [4.69, 9.17) is 0 Å². The van der Waals surface area contributed by atoms with Gasteiger partial charge in [-0.1, -0.05) is 64.4 Å². The van der Waals surface area contributed by atoms with Crippen molar-refractivity contribution >= 4 is 13.9 Å². The fraction of sp³-hybridized carbons (Fsp3) is 0.400. The number of aryl methyl sites for hydroxylation is 1. The number of aliphatic hydroxyl groups is 1. The van der Waals surface area contributed by atoms with E-state index in [1.807, 2.05) is 25.1 Å². The Morgan fingerprint density at radius 1 is 1.09 bits per heavy atom. The van der Waals surface area contributed by atoms with Crippen LogP contribution in [0.2, 0.25) is 0 Å². The Bertz CT molecular complexity index is 660. The predicted octanol–water partition coefficient (Wildman–Crippen LogP) is 4.77. The fourth-order valence-corrected chi connectivity index (χ4v) is 4.96. The Balaban J connectivity index is 2.51. The highest BCUT2D eigenvalue weighted by Gasteiger charge is 2.32. The van der Waals surface area contributed by atoms with Gasteiger partial charge in [0.15, 0.2) is 0 Å². The van der Waals surface area contributed by atoms with Crippen LogP contribution in [0.3, 0.4) is 0 Å². The fourth-order valence-electron chi connectivity index (χ4n) is 3.15. The molecule has 0 aromatic heterocycles. The molecule has 2 N–H and O–H groups in total. The van der Waals surface area contributed by atoms with Gasteiger partial charge in [0.05, 0.1) is 6.10 Å². The number of phenols is 1. The number of hydrogen-bond donors (Lipinski definition) is 2. The third kappa shape index (κ3) is 3.76. The van der Waals surface area contributed by atoms with Crippen LogP contribution in [0.4, 0.5) is 0 Å². The number of benzene rings is 2. The number of aliphatic hydroxyl groups excluding tert-OH is 1. The minimum Gasteiger partial charge on any atom is -0.508 e. The number of aromatic hydroxyl groups is 1. The number of phenolic OH excluding ortho intramolecular Hbond substituents is 1. The predicted molar refractivity (Wildman–Crippen MR) is 100 cm³/mol. The van der Waals surface area contributed by atoms with Crippen molar-refractivity contribution in [3.05, 3.63) is 59.2 Å². The summed E-state index contributed by atoms with van der Waals surface area (Å²) in [5.41, 5.74) is 3.18. The SMILES string of the molecule is CCC(CC)(Pc1ccc(C)cc1C(C)O)c1ccccc1O. The van der Waals surface area contributed by atoms with Gasteiger partial charge in [0.2, 0.25) is 0 Å². The van der Waals surface area contributed by atoms with Crippen LogP contribution in [-0.2, 0) is 5.16 Å². The molecule has 2 nitrogen and oxygen atoms in total. The summed E-state index contributed by atoms with van der Waals surface area (Å²) in [6.07, 6.45) is 1.42. The van der Waals surface area contributed by atoms with Crippen LogP contribution in [0.5, 0.6) is 5.75 Å². The first-order valence-electron chi connectivity index (χ1n) is 8.28. The molecule has 0 radical (unpaired) electrons. The van der Waals surface area contributed by atoms with Gasteiger partial charge in [-0.05, 0) is 43.6 Å². The molecule has 0 aliphatic heterocycles. The highest BCUT2D eigenvalue weighted by atomic mass is 31.1. The topological polar surface area (TPSA) is 40.5 Å². The van der Waals surface area contributed by atoms with Gasteiger partial charge in [0, 0.05) is 10.7 Å². The van der Waals surface area contributed by atoms with Crippen molar-refractivity contribution in [2.75, 3.05) is 0 Å². The van der Waals surface area contributed by atoms with E-state index in [1.165, 1.54) is 5.30 Å². The van der Waals surface area contributed by atoms with Crippen molar-refractivity contribution in [2.45, 2.75) is 51.8 Å². The zero-order valence-corrected chi connectivity index (χ0v) is 15.4. The van der Waals surface area contributed by atoms with Crippen LogP contribution in [0.1, 0.15) is 56.4 Å². The molecular weight excluding hydrogens is 303 g/mol. The Morgan fingerprint density at radius 2 is 1.74 bits per heavy atom. The summed E-state index contributed by atoms with van der Waals surface area (Å²) in [6, 6.07) is 14.0. The average Bonchev–Trinajstić information content (AvgIpc) is 2.54. The second kappa shape index (κ2) is 7.47. The van der Waals surface area contributed by atoms with Crippen molar-refractivity contribution in [1.82, 2.24) is 0 Å². The van der Waals surface area contributed by atoms with Crippen molar-refractivity contribution in [1.29, 1.82) is 0 Å². The first-order chi connectivity index (χ1) is 10.9. The summed E-state index contributed by atoms with van der Waals surface area (Å²) in [4.78, 5) is 0. The third-order valence-electron chi connectivity index (χ3n) is 4.66. The van der Waals surface area contributed by atoms with Gasteiger partial charge in [0.1, 0.15) is 5.75 Å². The van der Waals surface area contributed by atoms with E-state index in [2.05, 4.69) is 39.0 Å². The molecule has 2 aromatic carbocycles. The molecule has 0 saturated carbocycles. The zero-order valence-electron chi connectivity index (χ0n) is 14.4. The van der Waals surface area contributed by atoms with E-state index in [1.54, 1.807) is 6.07 Å². The van der Waals surface area contributed by atoms with Gasteiger partial charge >= 0.3 is 0 Å². The lowest BCUT2D eigenvalue weighted by Crippen LogP contribution is -2.23. The van der Waals surface area contributed by atoms with Crippen molar-refractivity contribution in [3.8, 4) is 5.75 Å². The molecule has 124 valence electrons. The average molecular weight is 330 g/mol. The minimum absolute atomic E-state index is 0.0930. The second-order valence-electron chi connectivity index (χ2n) is 6.20. The monoisotopic (exact) mass is 330 g/mol. The quantitative estimate of drug-likeness (QED) is 0.749. The molecule has 0 heterocycles. The summed E-state index contributed by atoms with van der Waals surface area (Å²) in [5.74, 6) is 0.370. The van der Waals surface area contributed by atoms with Crippen LogP contribution in [0, 0.1) is 6.92 Å². The summed E-state index contributed by atoms with van der Waals surface area (Å²) >= 11 is 0. The normalized spacial score (nSPS) is 13.6. The molecule has 23 heavy (non-hydrogen) atoms. The molecule has 2 aromatic rings. The zero-order chi connectivity index (χ0) is 17.0. The van der Waals surface area contributed by atoms with Gasteiger partial charge in [-0.25, -0.2) is 0 Å². The molecule has 3 heteroatoms. The molecule has 2 atom stereocenters. The van der Waals surface area contributed by atoms with Crippen molar-refractivity contribution < 1.29 is 10.2 Å². The smallest absolute Gasteiger partial charge is 0.119 e. The standard InChI is InChI=1S/C20H27O2P/c1-5-20(6-2,17-9-7-8-10-18(17)22)23-19-12-11-14(3)13-16(19)15(4)21/h7-13,15,21-23H,5-6H2,1-4H3.